The van der Waals surface area contributed by atoms with Crippen molar-refractivity contribution in [2.45, 2.75) is 19.3 Å². The van der Waals surface area contributed by atoms with E-state index in [-0.39, 0.29) is 0 Å². The number of fused-ring (bicyclic) bond motifs is 3. The lowest BCUT2D eigenvalue weighted by Gasteiger charge is -2.35. The zero-order valence-corrected chi connectivity index (χ0v) is 45.3. The van der Waals surface area contributed by atoms with Gasteiger partial charge in [-0.05, 0) is 162 Å². The Labute approximate surface area is 474 Å². The van der Waals surface area contributed by atoms with Crippen LogP contribution in [0, 0.1) is 13.8 Å². The maximum Gasteiger partial charge on any atom is 0.0714 e. The van der Waals surface area contributed by atoms with Gasteiger partial charge in [0.2, 0.25) is 0 Å². The van der Waals surface area contributed by atoms with Crippen molar-refractivity contribution in [3.63, 3.8) is 0 Å². The molecule has 1 aliphatic carbocycles. The number of rotatable bonds is 11. The molecule has 0 saturated heterocycles. The molecule has 1 aliphatic rings. The van der Waals surface area contributed by atoms with Gasteiger partial charge in [-0.15, -0.1) is 0 Å². The molecule has 0 unspecified atom stereocenters. The quantitative estimate of drug-likeness (QED) is 0.119. The van der Waals surface area contributed by atoms with E-state index in [1.807, 2.05) is 0 Å². The first-order valence-corrected chi connectivity index (χ1v) is 28.2. The molecule has 0 bridgehead atoms. The van der Waals surface area contributed by atoms with Crippen LogP contribution in [-0.4, -0.2) is 0 Å². The van der Waals surface area contributed by atoms with Crippen LogP contribution in [0.1, 0.15) is 33.4 Å². The highest BCUT2D eigenvalue weighted by Gasteiger charge is 2.46. The zero-order valence-electron chi connectivity index (χ0n) is 45.3. The van der Waals surface area contributed by atoms with E-state index >= 15 is 0 Å². The molecule has 0 fully saturated rings. The molecule has 0 aliphatic heterocycles. The summed E-state index contributed by atoms with van der Waals surface area (Å²) in [6.45, 7) is 4.46. The largest absolute Gasteiger partial charge is 0.310 e. The van der Waals surface area contributed by atoms with E-state index in [0.717, 1.165) is 39.7 Å². The third kappa shape index (κ3) is 7.70. The normalized spacial score (nSPS) is 12.4. The number of hydrogen-bond donors (Lipinski definition) is 0. The molecule has 0 saturated carbocycles. The summed E-state index contributed by atoms with van der Waals surface area (Å²) in [6, 6.07) is 112. The predicted molar refractivity (Wildman–Crippen MR) is 343 cm³/mol. The monoisotopic (exact) mass is 1030 g/mol. The molecule has 81 heavy (non-hydrogen) atoms. The van der Waals surface area contributed by atoms with Crippen molar-refractivity contribution in [2.24, 2.45) is 0 Å². The number of aryl methyl sites for hydroxylation is 2. The number of hydrogen-bond acceptors (Lipinski definition) is 2. The van der Waals surface area contributed by atoms with Crippen LogP contribution in [0.2, 0.25) is 0 Å². The summed E-state index contributed by atoms with van der Waals surface area (Å²) < 4.78 is 0. The molecule has 0 spiro atoms. The highest BCUT2D eigenvalue weighted by Crippen LogP contribution is 2.57. The number of benzene rings is 14. The Morgan fingerprint density at radius 1 is 0.259 bits per heavy atom. The van der Waals surface area contributed by atoms with E-state index in [0.29, 0.717) is 0 Å². The molecule has 0 aromatic heterocycles. The van der Waals surface area contributed by atoms with Gasteiger partial charge in [-0.25, -0.2) is 0 Å². The van der Waals surface area contributed by atoms with Crippen molar-refractivity contribution in [3.8, 4) is 44.5 Å². The summed E-state index contributed by atoms with van der Waals surface area (Å²) >= 11 is 0. The van der Waals surface area contributed by atoms with Crippen LogP contribution in [-0.2, 0) is 5.41 Å². The van der Waals surface area contributed by atoms with Gasteiger partial charge < -0.3 is 9.80 Å². The molecule has 0 N–H and O–H groups in total. The molecule has 14 aromatic rings. The summed E-state index contributed by atoms with van der Waals surface area (Å²) in [7, 11) is 0. The SMILES string of the molecule is Cc1ccccc1N(c1cccc(-c2ccccc2-c2ccccc2-c2ccccc2)c1)c1ccc2ccc3c(N(c4cccc(C5(c6ccccc6)c6ccccc6-c6ccccc65)c4)c4ccccc4C)ccc4ccc1c2c43. The van der Waals surface area contributed by atoms with Gasteiger partial charge in [-0.2, -0.15) is 0 Å². The molecular weight excluding hydrogens is 977 g/mol. The van der Waals surface area contributed by atoms with E-state index in [1.54, 1.807) is 0 Å². The van der Waals surface area contributed by atoms with Gasteiger partial charge in [0.25, 0.3) is 0 Å². The number of nitrogens with zero attached hydrogens (tertiary/aromatic N) is 2. The first kappa shape index (κ1) is 47.9. The van der Waals surface area contributed by atoms with Crippen molar-refractivity contribution < 1.29 is 0 Å². The van der Waals surface area contributed by atoms with Crippen LogP contribution in [0.4, 0.5) is 34.1 Å². The third-order valence-corrected chi connectivity index (χ3v) is 17.2. The first-order valence-electron chi connectivity index (χ1n) is 28.2. The van der Waals surface area contributed by atoms with E-state index in [1.165, 1.54) is 105 Å². The summed E-state index contributed by atoms with van der Waals surface area (Å²) in [4.78, 5) is 5.00. The van der Waals surface area contributed by atoms with Crippen molar-refractivity contribution in [1.29, 1.82) is 0 Å². The second kappa shape index (κ2) is 19.6. The fourth-order valence-electron chi connectivity index (χ4n) is 13.6. The van der Waals surface area contributed by atoms with Crippen LogP contribution >= 0.6 is 0 Å². The minimum absolute atomic E-state index is 0.541. The number of para-hydroxylation sites is 2. The van der Waals surface area contributed by atoms with E-state index in [4.69, 9.17) is 0 Å². The van der Waals surface area contributed by atoms with E-state index in [9.17, 15) is 0 Å². The Morgan fingerprint density at radius 2 is 0.654 bits per heavy atom. The standard InChI is InChI=1S/C79H56N2/c1-53-23-9-19-41-73(53)80(61-31-21-27-58(51-61)64-34-12-14-36-66(64)65-35-13-11-33-63(65)55-25-5-3-6-26-55)75-49-45-56-44-48-70-76(50-46-57-43-47-69(75)77(56)78(57)70)81(74-42-20-10-24-54(74)2)62-32-22-30-60(52-62)79(59-28-7-4-8-29-59)71-39-17-15-37-67(71)68-38-16-18-40-72(68)79/h3-52H,1-2H3. The minimum Gasteiger partial charge on any atom is -0.310 e. The van der Waals surface area contributed by atoms with Crippen LogP contribution in [0.15, 0.2) is 303 Å². The summed E-state index contributed by atoms with van der Waals surface area (Å²) in [6.07, 6.45) is 0. The highest BCUT2D eigenvalue weighted by atomic mass is 15.2. The topological polar surface area (TPSA) is 6.48 Å². The smallest absolute Gasteiger partial charge is 0.0714 e. The lowest BCUT2D eigenvalue weighted by atomic mass is 9.67. The molecule has 0 amide bonds. The summed E-state index contributed by atoms with van der Waals surface area (Å²) in [5, 5.41) is 7.32. The Kier molecular flexibility index (Phi) is 11.6. The van der Waals surface area contributed by atoms with Gasteiger partial charge in [0.05, 0.1) is 16.8 Å². The average Bonchev–Trinajstić information content (AvgIpc) is 2.83. The molecule has 2 nitrogen and oxygen atoms in total. The second-order valence-corrected chi connectivity index (χ2v) is 21.6. The van der Waals surface area contributed by atoms with Gasteiger partial charge in [-0.1, -0.05) is 255 Å². The average molecular weight is 1030 g/mol. The van der Waals surface area contributed by atoms with Gasteiger partial charge >= 0.3 is 0 Å². The van der Waals surface area contributed by atoms with Gasteiger partial charge in [0.15, 0.2) is 0 Å². The fourth-order valence-corrected chi connectivity index (χ4v) is 13.6. The van der Waals surface area contributed by atoms with Gasteiger partial charge in [-0.3, -0.25) is 0 Å². The zero-order chi connectivity index (χ0) is 54.0. The minimum atomic E-state index is -0.541. The maximum absolute atomic E-state index is 2.51. The maximum atomic E-state index is 2.51. The molecule has 14 aromatic carbocycles. The Morgan fingerprint density at radius 3 is 1.20 bits per heavy atom. The van der Waals surface area contributed by atoms with E-state index < -0.39 is 5.41 Å². The molecule has 0 atom stereocenters. The molecule has 0 heterocycles. The van der Waals surface area contributed by atoms with Crippen molar-refractivity contribution in [2.75, 3.05) is 9.80 Å². The summed E-state index contributed by atoms with van der Waals surface area (Å²) in [5.41, 5.74) is 23.4. The van der Waals surface area contributed by atoms with Gasteiger partial charge in [0.1, 0.15) is 0 Å². The summed E-state index contributed by atoms with van der Waals surface area (Å²) in [5.74, 6) is 0. The van der Waals surface area contributed by atoms with Crippen LogP contribution in [0.25, 0.3) is 76.8 Å². The Balaban J connectivity index is 0.918. The second-order valence-electron chi connectivity index (χ2n) is 21.6. The van der Waals surface area contributed by atoms with Crippen molar-refractivity contribution in [3.05, 3.63) is 337 Å². The first-order chi connectivity index (χ1) is 40.0. The third-order valence-electron chi connectivity index (χ3n) is 17.2. The van der Waals surface area contributed by atoms with Crippen LogP contribution in [0.5, 0.6) is 0 Å². The van der Waals surface area contributed by atoms with Crippen LogP contribution < -0.4 is 9.80 Å². The lowest BCUT2D eigenvalue weighted by molar-refractivity contribution is 0.768. The Hall–Kier alpha value is -10.3. The molecule has 382 valence electrons. The van der Waals surface area contributed by atoms with Crippen molar-refractivity contribution in [1.82, 2.24) is 0 Å². The van der Waals surface area contributed by atoms with Gasteiger partial charge in [0, 0.05) is 33.5 Å². The molecule has 2 heteroatoms. The fraction of sp³-hybridized carbons (Fsp3) is 0.0380. The number of anilines is 6. The van der Waals surface area contributed by atoms with Crippen LogP contribution in [0.3, 0.4) is 0 Å². The lowest BCUT2D eigenvalue weighted by Crippen LogP contribution is -2.28. The Bertz CT molecular complexity index is 4640. The predicted octanol–water partition coefficient (Wildman–Crippen LogP) is 21.5. The molecular formula is C79H56N2. The van der Waals surface area contributed by atoms with E-state index in [2.05, 4.69) is 327 Å². The van der Waals surface area contributed by atoms with Crippen molar-refractivity contribution >= 4 is 66.4 Å². The molecule has 0 radical (unpaired) electrons. The highest BCUT2D eigenvalue weighted by molar-refractivity contribution is 6.28. The molecule has 15 rings (SSSR count).